The third-order valence-electron chi connectivity index (χ3n) is 19.5. The van der Waals surface area contributed by atoms with Gasteiger partial charge >= 0.3 is 23.9 Å². The number of aliphatic hydroxyl groups excluding tert-OH is 2. The van der Waals surface area contributed by atoms with Crippen molar-refractivity contribution >= 4 is 135 Å². The Morgan fingerprint density at radius 3 is 1.80 bits per heavy atom. The zero-order chi connectivity index (χ0) is 91.9. The van der Waals surface area contributed by atoms with Crippen LogP contribution < -0.4 is 91.6 Å². The predicted molar refractivity (Wildman–Crippen MR) is 434 cm³/mol. The standard InChI is InChI=1S/C78H110N20O26/c1-5-6-7-8-9-10-11-22-59(103)90-51(27-42-33-84-48-20-15-13-17-44(42)48)73(118)94-52(30-58(81)102)74(119)92-50(23-25-99)71(116)98-66-41(4)124-78(123)55(29-57(101)45-18-12-14-19-46(45)79)96-77(122)65(39(2)26-62(106)107)97-75(120)56(37-100)91-61(105)35-85-69(114)53(31-63(108)109)93-67(112)40(3)88-72(117)54(32-64(110)111)95-70(115)49(89-60(104)36-86-76(66)121)21-16-24-83-68(113)47(80)28-43-34-82-38-87-43/h12-15,17-20,33-34,38-41,47,49-56,65-66,84,99-100H,5-11,16,21-32,35-37,79-80H2,1-4H3,(H2,81,102)(H,82,87)(H,83,113)(H,85,114)(H,86,121)(H,88,117)(H,89,104)(H,90,103)(H,91,105)(H,92,119)(H,93,112)(H,94,118)(H,95,115)(H,96,122)(H,97,120)(H,98,116)(H,106,107)(H,108,109)(H,110,111)/t39-,40-,41-,47?,49+,50+,51+,52+,53+,54+,55+,56-,65+,66+/m1/s1. The number of hydrogen-bond acceptors (Lipinski definition) is 26. The smallest absolute Gasteiger partial charge is 0.329 e. The lowest BCUT2D eigenvalue weighted by Gasteiger charge is -2.30. The number of nitrogens with zero attached hydrogens (tertiary/aromatic N) is 1. The number of aliphatic carboxylic acids is 3. The molecule has 1 saturated heterocycles. The molecule has 46 heteroatoms. The maximum absolute atomic E-state index is 15.0. The number of cyclic esters (lactones) is 1. The Balaban J connectivity index is 1.62. The third kappa shape index (κ3) is 34.2. The number of fused-ring (bicyclic) bond motifs is 1. The minimum Gasteiger partial charge on any atom is -0.481 e. The highest BCUT2D eigenvalue weighted by molar-refractivity contribution is 6.05. The number of carboxylic acid groups (broad SMARTS) is 3. The molecule has 4 aromatic rings. The van der Waals surface area contributed by atoms with Crippen molar-refractivity contribution in [3.8, 4) is 0 Å². The van der Waals surface area contributed by atoms with E-state index >= 15 is 0 Å². The van der Waals surface area contributed by atoms with Gasteiger partial charge in [-0.05, 0) is 69.2 Å². The van der Waals surface area contributed by atoms with Crippen LogP contribution in [0.25, 0.3) is 10.9 Å². The number of aliphatic hydroxyl groups is 2. The molecule has 1 aliphatic rings. The van der Waals surface area contributed by atoms with Crippen molar-refractivity contribution in [2.75, 3.05) is 38.6 Å². The first-order chi connectivity index (χ1) is 58.8. The van der Waals surface area contributed by atoms with Crippen molar-refractivity contribution in [2.24, 2.45) is 17.4 Å². The van der Waals surface area contributed by atoms with Gasteiger partial charge in [0, 0.05) is 73.4 Å². The number of ketones is 1. The highest BCUT2D eigenvalue weighted by Gasteiger charge is 2.41. The number of para-hydroxylation sites is 2. The molecule has 0 aliphatic carbocycles. The molecule has 124 heavy (non-hydrogen) atoms. The molecule has 1 unspecified atom stereocenters. The number of esters is 1. The lowest BCUT2D eigenvalue weighted by Crippen LogP contribution is -2.61. The van der Waals surface area contributed by atoms with Crippen LogP contribution in [0, 0.1) is 5.92 Å². The molecule has 1 fully saturated rings. The molecule has 2 aromatic heterocycles. The zero-order valence-corrected chi connectivity index (χ0v) is 68.7. The molecule has 3 heterocycles. The van der Waals surface area contributed by atoms with Crippen LogP contribution in [-0.2, 0) is 109 Å². The van der Waals surface area contributed by atoms with E-state index in [4.69, 9.17) is 21.9 Å². The number of imidazole rings is 1. The van der Waals surface area contributed by atoms with Crippen LogP contribution in [-0.4, -0.2) is 270 Å². The number of nitrogens with two attached hydrogens (primary N) is 3. The predicted octanol–water partition coefficient (Wildman–Crippen LogP) is -6.26. The van der Waals surface area contributed by atoms with Crippen molar-refractivity contribution in [2.45, 2.75) is 222 Å². The number of amides is 15. The Kier molecular flexibility index (Phi) is 41.8. The summed E-state index contributed by atoms with van der Waals surface area (Å²) in [5.41, 5.74) is 19.0. The number of ether oxygens (including phenoxy) is 1. The summed E-state index contributed by atoms with van der Waals surface area (Å²) in [6.07, 6.45) is 0.990. The van der Waals surface area contributed by atoms with Gasteiger partial charge in [-0.2, -0.15) is 0 Å². The minimum atomic E-state index is -2.38. The molecule has 46 nitrogen and oxygen atoms in total. The molecular formula is C78H110N20O26. The van der Waals surface area contributed by atoms with E-state index in [9.17, 15) is 121 Å². The molecule has 1 aliphatic heterocycles. The Morgan fingerprint density at radius 2 is 1.17 bits per heavy atom. The van der Waals surface area contributed by atoms with Gasteiger partial charge in [-0.3, -0.25) is 91.1 Å². The number of unbranched alkanes of at least 4 members (excludes halogenated alkanes) is 6. The largest absolute Gasteiger partial charge is 0.481 e. The third-order valence-corrected chi connectivity index (χ3v) is 19.5. The number of carbonyl (C=O) groups excluding carboxylic acids is 17. The fourth-order valence-corrected chi connectivity index (χ4v) is 12.8. The van der Waals surface area contributed by atoms with Gasteiger partial charge < -0.3 is 132 Å². The number of primary amides is 1. The van der Waals surface area contributed by atoms with Crippen LogP contribution in [0.2, 0.25) is 0 Å². The number of carboxylic acids is 3. The monoisotopic (exact) mass is 1740 g/mol. The molecule has 14 atom stereocenters. The second kappa shape index (κ2) is 51.3. The normalized spacial score (nSPS) is 20.8. The van der Waals surface area contributed by atoms with E-state index < -0.39 is 274 Å². The number of hydrogen-bond donors (Lipinski definition) is 24. The Hall–Kier alpha value is -13.5. The number of Topliss-reactive ketones (excluding diaryl/α,β-unsaturated/α-hetero) is 1. The summed E-state index contributed by atoms with van der Waals surface area (Å²) in [6, 6.07) is -11.3. The Bertz CT molecular complexity index is 4450. The van der Waals surface area contributed by atoms with Crippen molar-refractivity contribution in [1.82, 2.24) is 89.4 Å². The number of H-pyrrole nitrogens is 2. The van der Waals surface area contributed by atoms with Crippen molar-refractivity contribution in [1.29, 1.82) is 0 Å². The number of anilines is 1. The minimum absolute atomic E-state index is 0.000854. The topological polar surface area (TPSA) is 743 Å². The molecule has 0 saturated carbocycles. The molecule has 27 N–H and O–H groups in total. The van der Waals surface area contributed by atoms with Gasteiger partial charge in [0.05, 0.1) is 63.4 Å². The van der Waals surface area contributed by atoms with Gasteiger partial charge in [0.1, 0.15) is 72.6 Å². The van der Waals surface area contributed by atoms with Crippen LogP contribution in [0.3, 0.4) is 0 Å². The molecule has 15 amide bonds. The van der Waals surface area contributed by atoms with Crippen LogP contribution >= 0.6 is 0 Å². The summed E-state index contributed by atoms with van der Waals surface area (Å²) in [6.45, 7) is 0.0541. The molecule has 2 aromatic carbocycles. The first kappa shape index (κ1) is 101. The Labute approximate surface area is 709 Å². The number of nitrogens with one attached hydrogen (secondary N) is 16. The number of carbonyl (C=O) groups is 20. The summed E-state index contributed by atoms with van der Waals surface area (Å²) in [7, 11) is 0. The fraction of sp³-hybridized carbons (Fsp3) is 0.526. The van der Waals surface area contributed by atoms with Gasteiger partial charge in [-0.15, -0.1) is 0 Å². The van der Waals surface area contributed by atoms with E-state index in [1.165, 1.54) is 36.8 Å². The van der Waals surface area contributed by atoms with E-state index in [0.717, 1.165) is 52.9 Å². The summed E-state index contributed by atoms with van der Waals surface area (Å²) >= 11 is 0. The van der Waals surface area contributed by atoms with Crippen molar-refractivity contribution in [3.05, 3.63) is 84.1 Å². The second-order valence-electron chi connectivity index (χ2n) is 29.5. The molecule has 0 bridgehead atoms. The Morgan fingerprint density at radius 1 is 0.581 bits per heavy atom. The molecule has 678 valence electrons. The summed E-state index contributed by atoms with van der Waals surface area (Å²) in [5, 5.41) is 82.5. The molecule has 0 radical (unpaired) electrons. The van der Waals surface area contributed by atoms with Crippen LogP contribution in [0.15, 0.2) is 67.3 Å². The summed E-state index contributed by atoms with van der Waals surface area (Å²) in [4.78, 5) is 286. The maximum atomic E-state index is 15.0. The number of nitrogen functional groups attached to an aromatic ring is 1. The average Bonchev–Trinajstić information content (AvgIpc) is 1.62. The van der Waals surface area contributed by atoms with Gasteiger partial charge in [-0.25, -0.2) is 9.78 Å². The molecular weight excluding hydrogens is 1630 g/mol. The average molecular weight is 1740 g/mol. The first-order valence-electron chi connectivity index (χ1n) is 40.0. The van der Waals surface area contributed by atoms with Gasteiger partial charge in [-0.1, -0.05) is 82.7 Å². The number of aromatic amines is 2. The van der Waals surface area contributed by atoms with Crippen LogP contribution in [0.1, 0.15) is 152 Å². The van der Waals surface area contributed by atoms with Gasteiger partial charge in [0.15, 0.2) is 5.78 Å². The fourth-order valence-electron chi connectivity index (χ4n) is 12.8. The molecule has 5 rings (SSSR count). The second-order valence-corrected chi connectivity index (χ2v) is 29.5. The number of aromatic nitrogens is 3. The van der Waals surface area contributed by atoms with E-state index in [0.29, 0.717) is 35.0 Å². The van der Waals surface area contributed by atoms with E-state index in [2.05, 4.69) is 80.4 Å². The SMILES string of the molecule is CCCCCCCCCC(=O)N[C@@H](Cc1c[nH]c2ccccc12)C(=O)N[C@@H](CC(N)=O)C(=O)N[C@@H](CCO)C(=O)N[C@@H]1C(=O)NCC(=O)N[C@@H](CCCNC(=O)C(N)Cc2c[nH]cn2)C(=O)N[C@@H](CC(=O)O)C(=O)N[C@H](C)C(=O)N[C@@H](CC(=O)O)C(=O)NCC(=O)N[C@H](CO)C(=O)N[C@@H]([C@H](C)CC(=O)O)C(=O)N[C@@H](CC(=O)c2ccccc2N)C(=O)O[C@@H]1C. The van der Waals surface area contributed by atoms with Crippen molar-refractivity contribution in [3.63, 3.8) is 0 Å². The van der Waals surface area contributed by atoms with Gasteiger partial charge in [0.2, 0.25) is 88.6 Å². The van der Waals surface area contributed by atoms with Gasteiger partial charge in [0.25, 0.3) is 0 Å². The lowest BCUT2D eigenvalue weighted by molar-refractivity contribution is -0.156. The van der Waals surface area contributed by atoms with E-state index in [1.54, 1.807) is 30.5 Å². The highest BCUT2D eigenvalue weighted by atomic mass is 16.5. The van der Waals surface area contributed by atoms with E-state index in [1.807, 2.05) is 16.0 Å². The molecule has 0 spiro atoms. The number of rotatable bonds is 39. The summed E-state index contributed by atoms with van der Waals surface area (Å²) in [5.74, 6) is -28.2. The quantitative estimate of drug-likeness (QED) is 0.00855. The maximum Gasteiger partial charge on any atom is 0.329 e. The van der Waals surface area contributed by atoms with E-state index in [-0.39, 0.29) is 43.5 Å². The lowest BCUT2D eigenvalue weighted by atomic mass is 9.96. The highest BCUT2D eigenvalue weighted by Crippen LogP contribution is 2.22. The van der Waals surface area contributed by atoms with Crippen molar-refractivity contribution < 1.29 is 126 Å². The number of benzene rings is 2. The van der Waals surface area contributed by atoms with Crippen LogP contribution in [0.4, 0.5) is 5.69 Å². The van der Waals surface area contributed by atoms with Crippen LogP contribution in [0.5, 0.6) is 0 Å². The first-order valence-corrected chi connectivity index (χ1v) is 40.0. The zero-order valence-electron chi connectivity index (χ0n) is 68.7. The summed E-state index contributed by atoms with van der Waals surface area (Å²) < 4.78 is 5.76.